The number of pyridine rings is 1. The van der Waals surface area contributed by atoms with Crippen molar-refractivity contribution in [3.63, 3.8) is 0 Å². The summed E-state index contributed by atoms with van der Waals surface area (Å²) in [6, 6.07) is 2.61. The molecule has 34 heavy (non-hydrogen) atoms. The number of hydrogen-bond acceptors (Lipinski definition) is 3. The van der Waals surface area contributed by atoms with Crippen LogP contribution in [-0.4, -0.2) is 52.3 Å². The molecular weight excluding hydrogens is 479 g/mol. The fourth-order valence-corrected chi connectivity index (χ4v) is 5.22. The Morgan fingerprint density at radius 3 is 2.47 bits per heavy atom. The van der Waals surface area contributed by atoms with Gasteiger partial charge in [-0.25, -0.2) is 13.8 Å². The van der Waals surface area contributed by atoms with Gasteiger partial charge in [-0.05, 0) is 63.2 Å². The standard InChI is InChI=1S/C23H28ClF5N4O/c24-18-13-16(21(34)30-8-11-32-9-2-1-3-10-32)14-19-31-20(23(27,28)29)17(33(18)19)12-15-4-6-22(25,26)7-5-15/h13-15H,1-12H2,(H,30,34). The second-order valence-electron chi connectivity index (χ2n) is 9.33. The van der Waals surface area contributed by atoms with E-state index in [-0.39, 0.29) is 60.1 Å². The summed E-state index contributed by atoms with van der Waals surface area (Å²) in [7, 11) is 0. The average Bonchev–Trinajstić information content (AvgIpc) is 3.15. The molecule has 2 fully saturated rings. The number of nitrogens with zero attached hydrogens (tertiary/aromatic N) is 3. The van der Waals surface area contributed by atoms with E-state index in [1.165, 1.54) is 23.0 Å². The molecule has 5 nitrogen and oxygen atoms in total. The summed E-state index contributed by atoms with van der Waals surface area (Å²) in [6.45, 7) is 3.10. The number of halogens is 6. The Labute approximate surface area is 199 Å². The van der Waals surface area contributed by atoms with E-state index in [0.29, 0.717) is 13.1 Å². The summed E-state index contributed by atoms with van der Waals surface area (Å²) in [5.41, 5.74) is -1.20. The van der Waals surface area contributed by atoms with Crippen LogP contribution in [0.5, 0.6) is 0 Å². The molecule has 188 valence electrons. The molecule has 1 N–H and O–H groups in total. The van der Waals surface area contributed by atoms with Gasteiger partial charge >= 0.3 is 6.18 Å². The number of alkyl halides is 5. The topological polar surface area (TPSA) is 49.6 Å². The average molecular weight is 507 g/mol. The van der Waals surface area contributed by atoms with Crippen LogP contribution in [0.1, 0.15) is 66.7 Å². The Morgan fingerprint density at radius 1 is 1.15 bits per heavy atom. The highest BCUT2D eigenvalue weighted by Crippen LogP contribution is 2.40. The molecule has 1 amide bonds. The van der Waals surface area contributed by atoms with Crippen LogP contribution in [0.4, 0.5) is 22.0 Å². The molecule has 3 heterocycles. The third-order valence-electron chi connectivity index (χ3n) is 6.78. The molecule has 1 aliphatic heterocycles. The Morgan fingerprint density at radius 2 is 1.82 bits per heavy atom. The molecule has 0 atom stereocenters. The van der Waals surface area contributed by atoms with Crippen LogP contribution in [0, 0.1) is 5.92 Å². The first-order valence-corrected chi connectivity index (χ1v) is 12.1. The fraction of sp³-hybridized carbons (Fsp3) is 0.652. The molecule has 4 rings (SSSR count). The van der Waals surface area contributed by atoms with Gasteiger partial charge in [-0.2, -0.15) is 13.2 Å². The lowest BCUT2D eigenvalue weighted by Gasteiger charge is -2.28. The maximum atomic E-state index is 13.8. The molecule has 1 saturated heterocycles. The predicted molar refractivity (Wildman–Crippen MR) is 118 cm³/mol. The number of piperidine rings is 1. The number of carbonyl (C=O) groups is 1. The first-order chi connectivity index (χ1) is 16.0. The van der Waals surface area contributed by atoms with Crippen molar-refractivity contribution in [2.24, 2.45) is 5.92 Å². The van der Waals surface area contributed by atoms with Gasteiger partial charge in [0.1, 0.15) is 10.8 Å². The van der Waals surface area contributed by atoms with Crippen molar-refractivity contribution in [2.75, 3.05) is 26.2 Å². The largest absolute Gasteiger partial charge is 0.435 e. The van der Waals surface area contributed by atoms with E-state index in [4.69, 9.17) is 11.6 Å². The molecule has 1 saturated carbocycles. The maximum absolute atomic E-state index is 13.8. The number of fused-ring (bicyclic) bond motifs is 1. The number of hydrogen-bond donors (Lipinski definition) is 1. The SMILES string of the molecule is O=C(NCCN1CCCCC1)c1cc(Cl)n2c(CC3CCC(F)(F)CC3)c(C(F)(F)F)nc2c1. The summed E-state index contributed by atoms with van der Waals surface area (Å²) in [6.07, 6.45) is -1.75. The lowest BCUT2D eigenvalue weighted by Crippen LogP contribution is -2.37. The minimum absolute atomic E-state index is 0.0623. The van der Waals surface area contributed by atoms with E-state index in [9.17, 15) is 26.7 Å². The van der Waals surface area contributed by atoms with Gasteiger partial charge in [0, 0.05) is 31.5 Å². The van der Waals surface area contributed by atoms with Gasteiger partial charge in [-0.3, -0.25) is 9.20 Å². The summed E-state index contributed by atoms with van der Waals surface area (Å²) >= 11 is 6.34. The van der Waals surface area contributed by atoms with Crippen molar-refractivity contribution in [3.05, 3.63) is 34.2 Å². The zero-order chi connectivity index (χ0) is 24.5. The lowest BCUT2D eigenvalue weighted by atomic mass is 9.83. The molecular formula is C23H28ClF5N4O. The number of nitrogens with one attached hydrogen (secondary N) is 1. The van der Waals surface area contributed by atoms with Crippen molar-refractivity contribution in [1.82, 2.24) is 19.6 Å². The Hall–Kier alpha value is -1.94. The Kier molecular flexibility index (Phi) is 7.38. The highest BCUT2D eigenvalue weighted by Gasteiger charge is 2.40. The molecule has 0 aromatic carbocycles. The molecule has 0 unspecified atom stereocenters. The summed E-state index contributed by atoms with van der Waals surface area (Å²) < 4.78 is 69.5. The van der Waals surface area contributed by atoms with Gasteiger partial charge in [-0.15, -0.1) is 0 Å². The third kappa shape index (κ3) is 5.82. The highest BCUT2D eigenvalue weighted by atomic mass is 35.5. The smallest absolute Gasteiger partial charge is 0.351 e. The summed E-state index contributed by atoms with van der Waals surface area (Å²) in [4.78, 5) is 18.6. The van der Waals surface area contributed by atoms with Crippen LogP contribution >= 0.6 is 11.6 Å². The van der Waals surface area contributed by atoms with Crippen LogP contribution in [-0.2, 0) is 12.6 Å². The minimum Gasteiger partial charge on any atom is -0.351 e. The van der Waals surface area contributed by atoms with Gasteiger partial charge < -0.3 is 10.2 Å². The molecule has 11 heteroatoms. The van der Waals surface area contributed by atoms with E-state index in [2.05, 4.69) is 15.2 Å². The second kappa shape index (κ2) is 9.97. The van der Waals surface area contributed by atoms with Gasteiger partial charge in [0.15, 0.2) is 5.69 Å². The number of amides is 1. The number of aromatic nitrogens is 2. The van der Waals surface area contributed by atoms with Crippen LogP contribution in [0.2, 0.25) is 5.15 Å². The molecule has 0 bridgehead atoms. The van der Waals surface area contributed by atoms with E-state index in [0.717, 1.165) is 25.9 Å². The zero-order valence-corrected chi connectivity index (χ0v) is 19.5. The van der Waals surface area contributed by atoms with Gasteiger partial charge in [0.25, 0.3) is 5.91 Å². The van der Waals surface area contributed by atoms with Crippen molar-refractivity contribution in [1.29, 1.82) is 0 Å². The van der Waals surface area contributed by atoms with Crippen LogP contribution in [0.25, 0.3) is 5.65 Å². The van der Waals surface area contributed by atoms with Crippen molar-refractivity contribution in [2.45, 2.75) is 63.5 Å². The highest BCUT2D eigenvalue weighted by molar-refractivity contribution is 6.30. The Bertz CT molecular complexity index is 1020. The van der Waals surface area contributed by atoms with Gasteiger partial charge in [-0.1, -0.05) is 18.0 Å². The number of rotatable bonds is 6. The van der Waals surface area contributed by atoms with Crippen LogP contribution in [0.15, 0.2) is 12.1 Å². The molecule has 0 radical (unpaired) electrons. The van der Waals surface area contributed by atoms with Crippen molar-refractivity contribution >= 4 is 23.2 Å². The molecule has 2 aromatic heterocycles. The third-order valence-corrected chi connectivity index (χ3v) is 7.06. The molecule has 2 aliphatic rings. The van der Waals surface area contributed by atoms with Crippen LogP contribution < -0.4 is 5.32 Å². The van der Waals surface area contributed by atoms with Crippen molar-refractivity contribution in [3.8, 4) is 0 Å². The quantitative estimate of drug-likeness (QED) is 0.410. The monoisotopic (exact) mass is 506 g/mol. The fourth-order valence-electron chi connectivity index (χ4n) is 4.92. The van der Waals surface area contributed by atoms with Crippen molar-refractivity contribution < 1.29 is 26.7 Å². The zero-order valence-electron chi connectivity index (χ0n) is 18.7. The normalized spacial score (nSPS) is 20.1. The van der Waals surface area contributed by atoms with Crippen LogP contribution in [0.3, 0.4) is 0 Å². The van der Waals surface area contributed by atoms with Gasteiger partial charge in [0.05, 0.1) is 5.69 Å². The first-order valence-electron chi connectivity index (χ1n) is 11.7. The number of likely N-dealkylation sites (tertiary alicyclic amines) is 1. The molecule has 2 aromatic rings. The summed E-state index contributed by atoms with van der Waals surface area (Å²) in [5.74, 6) is -3.53. The Balaban J connectivity index is 1.54. The van der Waals surface area contributed by atoms with E-state index < -0.39 is 23.7 Å². The summed E-state index contributed by atoms with van der Waals surface area (Å²) in [5, 5.41) is 2.72. The number of imidazole rings is 1. The minimum atomic E-state index is -4.74. The molecule has 1 aliphatic carbocycles. The van der Waals surface area contributed by atoms with Gasteiger partial charge in [0.2, 0.25) is 5.92 Å². The van der Waals surface area contributed by atoms with E-state index >= 15 is 0 Å². The predicted octanol–water partition coefficient (Wildman–Crippen LogP) is 5.59. The molecule has 0 spiro atoms. The van der Waals surface area contributed by atoms with E-state index in [1.807, 2.05) is 0 Å². The maximum Gasteiger partial charge on any atom is 0.435 e. The first kappa shape index (κ1) is 25.2. The van der Waals surface area contributed by atoms with E-state index in [1.54, 1.807) is 0 Å². The number of carbonyl (C=O) groups excluding carboxylic acids is 1. The lowest BCUT2D eigenvalue weighted by molar-refractivity contribution is -0.141. The second-order valence-corrected chi connectivity index (χ2v) is 9.71.